The molecule has 32 heavy (non-hydrogen) atoms. The minimum Gasteiger partial charge on any atom is -0.343 e. The summed E-state index contributed by atoms with van der Waals surface area (Å²) in [5.41, 5.74) is 4.48. The number of rotatable bonds is 7. The zero-order valence-corrected chi connectivity index (χ0v) is 17.8. The molecule has 4 rings (SSSR count). The lowest BCUT2D eigenvalue weighted by Crippen LogP contribution is -2.18. The van der Waals surface area contributed by atoms with E-state index < -0.39 is 0 Å². The van der Waals surface area contributed by atoms with Crippen LogP contribution in [0.4, 0.5) is 11.4 Å². The molecule has 4 aromatic rings. The van der Waals surface area contributed by atoms with Crippen LogP contribution in [0, 0.1) is 6.92 Å². The molecule has 0 saturated heterocycles. The molecule has 0 atom stereocenters. The maximum atomic E-state index is 12.9. The lowest BCUT2D eigenvalue weighted by Gasteiger charge is -2.13. The maximum Gasteiger partial charge on any atom is 0.272 e. The van der Waals surface area contributed by atoms with E-state index in [2.05, 4.69) is 27.8 Å². The van der Waals surface area contributed by atoms with E-state index in [1.165, 1.54) is 5.56 Å². The number of aryl methyl sites for hydroxylation is 3. The van der Waals surface area contributed by atoms with Gasteiger partial charge in [0.05, 0.1) is 0 Å². The molecule has 0 aliphatic heterocycles. The van der Waals surface area contributed by atoms with Crippen LogP contribution in [0.3, 0.4) is 0 Å². The van der Waals surface area contributed by atoms with Crippen molar-refractivity contribution in [1.82, 2.24) is 9.55 Å². The minimum absolute atomic E-state index is 0.196. The second kappa shape index (κ2) is 9.75. The SMILES string of the molecule is Cc1ccc(NC(=O)c2cccn2CCc2ccccc2)cc1NC(=O)c1ccncc1. The number of pyridine rings is 1. The van der Waals surface area contributed by atoms with Crippen molar-refractivity contribution in [3.05, 3.63) is 114 Å². The Morgan fingerprint density at radius 2 is 1.66 bits per heavy atom. The molecule has 160 valence electrons. The van der Waals surface area contributed by atoms with E-state index in [9.17, 15) is 9.59 Å². The lowest BCUT2D eigenvalue weighted by molar-refractivity contribution is 0.101. The molecule has 0 unspecified atom stereocenters. The van der Waals surface area contributed by atoms with Crippen LogP contribution in [0.1, 0.15) is 32.0 Å². The summed E-state index contributed by atoms with van der Waals surface area (Å²) in [6.07, 6.45) is 5.90. The number of carbonyl (C=O) groups excluding carboxylic acids is 2. The lowest BCUT2D eigenvalue weighted by atomic mass is 10.1. The van der Waals surface area contributed by atoms with Gasteiger partial charge in [-0.05, 0) is 60.9 Å². The van der Waals surface area contributed by atoms with Crippen LogP contribution in [0.2, 0.25) is 0 Å². The second-order valence-corrected chi connectivity index (χ2v) is 7.50. The zero-order chi connectivity index (χ0) is 22.3. The fourth-order valence-electron chi connectivity index (χ4n) is 3.44. The highest BCUT2D eigenvalue weighted by molar-refractivity contribution is 6.06. The Bertz CT molecular complexity index is 1220. The van der Waals surface area contributed by atoms with Crippen molar-refractivity contribution in [3.8, 4) is 0 Å². The predicted octanol–water partition coefficient (Wildman–Crippen LogP) is 4.94. The van der Waals surface area contributed by atoms with Crippen molar-refractivity contribution in [2.45, 2.75) is 19.9 Å². The number of anilines is 2. The van der Waals surface area contributed by atoms with Gasteiger partial charge in [-0.2, -0.15) is 0 Å². The van der Waals surface area contributed by atoms with Gasteiger partial charge in [0, 0.05) is 42.1 Å². The van der Waals surface area contributed by atoms with E-state index >= 15 is 0 Å². The average molecular weight is 425 g/mol. The second-order valence-electron chi connectivity index (χ2n) is 7.50. The first-order valence-electron chi connectivity index (χ1n) is 10.4. The molecule has 0 aliphatic rings. The fourth-order valence-corrected chi connectivity index (χ4v) is 3.44. The van der Waals surface area contributed by atoms with Crippen LogP contribution >= 0.6 is 0 Å². The Balaban J connectivity index is 1.44. The van der Waals surface area contributed by atoms with Crippen LogP contribution in [0.5, 0.6) is 0 Å². The summed E-state index contributed by atoms with van der Waals surface area (Å²) in [7, 11) is 0. The molecule has 0 radical (unpaired) electrons. The van der Waals surface area contributed by atoms with Crippen LogP contribution in [0.15, 0.2) is 91.4 Å². The third-order valence-electron chi connectivity index (χ3n) is 5.23. The Hall–Kier alpha value is -4.19. The van der Waals surface area contributed by atoms with Gasteiger partial charge < -0.3 is 15.2 Å². The molecule has 2 aromatic carbocycles. The van der Waals surface area contributed by atoms with E-state index in [0.717, 1.165) is 12.0 Å². The third kappa shape index (κ3) is 5.10. The van der Waals surface area contributed by atoms with E-state index in [1.54, 1.807) is 36.7 Å². The highest BCUT2D eigenvalue weighted by Crippen LogP contribution is 2.22. The van der Waals surface area contributed by atoms with Crippen molar-refractivity contribution in [3.63, 3.8) is 0 Å². The first-order valence-corrected chi connectivity index (χ1v) is 10.4. The van der Waals surface area contributed by atoms with Crippen molar-refractivity contribution < 1.29 is 9.59 Å². The molecule has 0 fully saturated rings. The molecule has 2 heterocycles. The summed E-state index contributed by atoms with van der Waals surface area (Å²) in [4.78, 5) is 29.3. The van der Waals surface area contributed by atoms with Gasteiger partial charge in [0.25, 0.3) is 11.8 Å². The summed E-state index contributed by atoms with van der Waals surface area (Å²) in [5, 5.41) is 5.84. The molecular weight excluding hydrogens is 400 g/mol. The number of amides is 2. The normalized spacial score (nSPS) is 10.5. The number of hydrogen-bond donors (Lipinski definition) is 2. The minimum atomic E-state index is -0.228. The summed E-state index contributed by atoms with van der Waals surface area (Å²) in [6, 6.07) is 22.6. The van der Waals surface area contributed by atoms with Gasteiger partial charge in [-0.3, -0.25) is 14.6 Å². The quantitative estimate of drug-likeness (QED) is 0.441. The van der Waals surface area contributed by atoms with Crippen LogP contribution in [-0.4, -0.2) is 21.4 Å². The zero-order valence-electron chi connectivity index (χ0n) is 17.8. The van der Waals surface area contributed by atoms with Gasteiger partial charge in [-0.15, -0.1) is 0 Å². The molecule has 2 aromatic heterocycles. The summed E-state index contributed by atoms with van der Waals surface area (Å²) < 4.78 is 1.95. The molecule has 6 heteroatoms. The first kappa shape index (κ1) is 21.1. The van der Waals surface area contributed by atoms with Gasteiger partial charge in [0.1, 0.15) is 5.69 Å². The highest BCUT2D eigenvalue weighted by atomic mass is 16.2. The number of carbonyl (C=O) groups is 2. The molecule has 6 nitrogen and oxygen atoms in total. The Labute approximate surface area is 186 Å². The first-order chi connectivity index (χ1) is 15.6. The molecule has 2 amide bonds. The number of nitrogens with zero attached hydrogens (tertiary/aromatic N) is 2. The van der Waals surface area contributed by atoms with Crippen molar-refractivity contribution >= 4 is 23.2 Å². The molecule has 0 aliphatic carbocycles. The van der Waals surface area contributed by atoms with Crippen molar-refractivity contribution in [2.75, 3.05) is 10.6 Å². The third-order valence-corrected chi connectivity index (χ3v) is 5.23. The van der Waals surface area contributed by atoms with E-state index in [1.807, 2.05) is 54.1 Å². The number of benzene rings is 2. The van der Waals surface area contributed by atoms with E-state index in [-0.39, 0.29) is 11.8 Å². The van der Waals surface area contributed by atoms with E-state index in [0.29, 0.717) is 29.2 Å². The van der Waals surface area contributed by atoms with Crippen LogP contribution < -0.4 is 10.6 Å². The van der Waals surface area contributed by atoms with Gasteiger partial charge in [-0.25, -0.2) is 0 Å². The van der Waals surface area contributed by atoms with Gasteiger partial charge in [0.15, 0.2) is 0 Å². The molecule has 0 bridgehead atoms. The average Bonchev–Trinajstić information content (AvgIpc) is 3.30. The van der Waals surface area contributed by atoms with Gasteiger partial charge in [-0.1, -0.05) is 36.4 Å². The van der Waals surface area contributed by atoms with Gasteiger partial charge >= 0.3 is 0 Å². The van der Waals surface area contributed by atoms with Crippen LogP contribution in [-0.2, 0) is 13.0 Å². The number of aromatic nitrogens is 2. The number of hydrogen-bond acceptors (Lipinski definition) is 3. The molecule has 0 saturated carbocycles. The Kier molecular flexibility index (Phi) is 6.41. The van der Waals surface area contributed by atoms with Crippen molar-refractivity contribution in [1.29, 1.82) is 0 Å². The highest BCUT2D eigenvalue weighted by Gasteiger charge is 2.13. The maximum absolute atomic E-state index is 12.9. The van der Waals surface area contributed by atoms with E-state index in [4.69, 9.17) is 0 Å². The standard InChI is InChI=1S/C26H24N4O2/c1-19-9-10-22(18-23(19)29-25(31)21-11-14-27-15-12-21)28-26(32)24-8-5-16-30(24)17-13-20-6-3-2-4-7-20/h2-12,14-16,18H,13,17H2,1H3,(H,28,32)(H,29,31). The fraction of sp³-hybridized carbons (Fsp3) is 0.115. The predicted molar refractivity (Wildman–Crippen MR) is 126 cm³/mol. The molecular formula is C26H24N4O2. The van der Waals surface area contributed by atoms with Crippen molar-refractivity contribution in [2.24, 2.45) is 0 Å². The summed E-state index contributed by atoms with van der Waals surface area (Å²) >= 11 is 0. The Morgan fingerprint density at radius 1 is 0.875 bits per heavy atom. The largest absolute Gasteiger partial charge is 0.343 e. The summed E-state index contributed by atoms with van der Waals surface area (Å²) in [5.74, 6) is -0.424. The smallest absolute Gasteiger partial charge is 0.272 e. The Morgan fingerprint density at radius 3 is 2.44 bits per heavy atom. The monoisotopic (exact) mass is 424 g/mol. The molecule has 2 N–H and O–H groups in total. The van der Waals surface area contributed by atoms with Gasteiger partial charge in [0.2, 0.25) is 0 Å². The number of nitrogens with one attached hydrogen (secondary N) is 2. The summed E-state index contributed by atoms with van der Waals surface area (Å²) in [6.45, 7) is 2.61. The molecule has 0 spiro atoms. The topological polar surface area (TPSA) is 76.0 Å². The van der Waals surface area contributed by atoms with Crippen LogP contribution in [0.25, 0.3) is 0 Å².